The van der Waals surface area contributed by atoms with Crippen LogP contribution in [0.5, 0.6) is 0 Å². The van der Waals surface area contributed by atoms with Crippen molar-refractivity contribution in [2.45, 2.75) is 17.7 Å². The average molecular weight is 202 g/mol. The van der Waals surface area contributed by atoms with Crippen LogP contribution in [0.4, 0.5) is 0 Å². The van der Waals surface area contributed by atoms with Crippen molar-refractivity contribution in [2.75, 3.05) is 5.75 Å². The number of hydrogen-bond donors (Lipinski definition) is 2. The Bertz CT molecular complexity index is 270. The zero-order valence-electron chi connectivity index (χ0n) is 6.70. The second-order valence-electron chi connectivity index (χ2n) is 2.14. The summed E-state index contributed by atoms with van der Waals surface area (Å²) in [4.78, 5) is 4.22. The van der Waals surface area contributed by atoms with Crippen LogP contribution < -0.4 is 5.73 Å². The molecule has 1 rings (SSSR count). The van der Waals surface area contributed by atoms with Gasteiger partial charge in [-0.2, -0.15) is 4.37 Å². The van der Waals surface area contributed by atoms with Crippen LogP contribution in [0.1, 0.15) is 12.7 Å². The standard InChI is InChI=1S/C6H10N4S2/c1-2-5-9-6(12-10-5)11-3-4(7)8/h2-3H2,1H3,(H3,7,8). The van der Waals surface area contributed by atoms with Gasteiger partial charge in [0.1, 0.15) is 11.7 Å². The molecule has 0 aliphatic carbocycles. The lowest BCUT2D eigenvalue weighted by atomic mass is 10.5. The van der Waals surface area contributed by atoms with Crippen molar-refractivity contribution in [2.24, 2.45) is 5.73 Å². The number of aromatic nitrogens is 2. The first-order valence-corrected chi connectivity index (χ1v) is 5.26. The van der Waals surface area contributed by atoms with Gasteiger partial charge in [-0.15, -0.1) is 0 Å². The van der Waals surface area contributed by atoms with E-state index in [1.807, 2.05) is 6.92 Å². The SMILES string of the molecule is CCc1nsc(SCC(=N)N)n1. The minimum Gasteiger partial charge on any atom is -0.387 e. The number of amidine groups is 1. The van der Waals surface area contributed by atoms with Crippen LogP contribution in [-0.2, 0) is 6.42 Å². The minimum absolute atomic E-state index is 0.174. The molecule has 0 saturated carbocycles. The van der Waals surface area contributed by atoms with Gasteiger partial charge in [0.05, 0.1) is 5.75 Å². The molecule has 1 aromatic rings. The van der Waals surface area contributed by atoms with E-state index in [9.17, 15) is 0 Å². The van der Waals surface area contributed by atoms with Crippen molar-refractivity contribution in [3.05, 3.63) is 5.82 Å². The summed E-state index contributed by atoms with van der Waals surface area (Å²) in [6.07, 6.45) is 0.858. The van der Waals surface area contributed by atoms with Crippen LogP contribution in [0.25, 0.3) is 0 Å². The largest absolute Gasteiger partial charge is 0.387 e. The van der Waals surface area contributed by atoms with E-state index in [0.29, 0.717) is 5.75 Å². The predicted octanol–water partition coefficient (Wildman–Crippen LogP) is 1.13. The molecule has 12 heavy (non-hydrogen) atoms. The van der Waals surface area contributed by atoms with Gasteiger partial charge in [-0.05, 0) is 11.5 Å². The minimum atomic E-state index is 0.174. The molecular formula is C6H10N4S2. The van der Waals surface area contributed by atoms with E-state index in [1.165, 1.54) is 23.3 Å². The summed E-state index contributed by atoms with van der Waals surface area (Å²) in [6, 6.07) is 0. The van der Waals surface area contributed by atoms with Gasteiger partial charge in [0.25, 0.3) is 0 Å². The third-order valence-corrected chi connectivity index (χ3v) is 3.04. The van der Waals surface area contributed by atoms with Gasteiger partial charge in [0.15, 0.2) is 4.34 Å². The molecule has 0 unspecified atom stereocenters. The number of nitrogens with one attached hydrogen (secondary N) is 1. The van der Waals surface area contributed by atoms with Crippen molar-refractivity contribution in [3.63, 3.8) is 0 Å². The Morgan fingerprint density at radius 3 is 3.00 bits per heavy atom. The summed E-state index contributed by atoms with van der Waals surface area (Å²) in [5, 5.41) is 7.01. The van der Waals surface area contributed by atoms with Crippen molar-refractivity contribution in [3.8, 4) is 0 Å². The Morgan fingerprint density at radius 1 is 1.75 bits per heavy atom. The molecule has 0 aliphatic rings. The summed E-state index contributed by atoms with van der Waals surface area (Å²) < 4.78 is 5.00. The van der Waals surface area contributed by atoms with E-state index < -0.39 is 0 Å². The first kappa shape index (κ1) is 9.47. The molecule has 1 heterocycles. The molecule has 0 aliphatic heterocycles. The fourth-order valence-corrected chi connectivity index (χ4v) is 2.03. The smallest absolute Gasteiger partial charge is 0.170 e. The number of nitrogens with two attached hydrogens (primary N) is 1. The lowest BCUT2D eigenvalue weighted by molar-refractivity contribution is 0.972. The maximum Gasteiger partial charge on any atom is 0.170 e. The maximum atomic E-state index is 7.01. The Labute approximate surface area is 79.3 Å². The van der Waals surface area contributed by atoms with Gasteiger partial charge in [0.2, 0.25) is 0 Å². The van der Waals surface area contributed by atoms with E-state index in [1.54, 1.807) is 0 Å². The Kier molecular flexibility index (Phi) is 3.48. The van der Waals surface area contributed by atoms with Crippen LogP contribution >= 0.6 is 23.3 Å². The first-order chi connectivity index (χ1) is 5.72. The third kappa shape index (κ3) is 2.78. The van der Waals surface area contributed by atoms with Gasteiger partial charge in [-0.3, -0.25) is 5.41 Å². The zero-order chi connectivity index (χ0) is 8.97. The van der Waals surface area contributed by atoms with Crippen molar-refractivity contribution >= 4 is 29.1 Å². The Balaban J connectivity index is 2.47. The maximum absolute atomic E-state index is 7.01. The number of rotatable bonds is 4. The molecule has 1 aromatic heterocycles. The highest BCUT2D eigenvalue weighted by Gasteiger charge is 2.02. The zero-order valence-corrected chi connectivity index (χ0v) is 8.34. The first-order valence-electron chi connectivity index (χ1n) is 3.50. The lowest BCUT2D eigenvalue weighted by Gasteiger charge is -1.91. The molecule has 6 heteroatoms. The number of hydrogen-bond acceptors (Lipinski definition) is 5. The normalized spacial score (nSPS) is 10.1. The van der Waals surface area contributed by atoms with Crippen LogP contribution in [0.2, 0.25) is 0 Å². The second kappa shape index (κ2) is 4.42. The highest BCUT2D eigenvalue weighted by molar-refractivity contribution is 8.01. The Morgan fingerprint density at radius 2 is 2.50 bits per heavy atom. The summed E-state index contributed by atoms with van der Waals surface area (Å²) in [7, 11) is 0. The van der Waals surface area contributed by atoms with Gasteiger partial charge < -0.3 is 5.73 Å². The molecule has 0 radical (unpaired) electrons. The molecule has 3 N–H and O–H groups in total. The van der Waals surface area contributed by atoms with E-state index >= 15 is 0 Å². The number of aryl methyl sites for hydroxylation is 1. The topological polar surface area (TPSA) is 75.7 Å². The van der Waals surface area contributed by atoms with E-state index in [-0.39, 0.29) is 5.84 Å². The van der Waals surface area contributed by atoms with Crippen LogP contribution in [0.3, 0.4) is 0 Å². The molecule has 0 saturated heterocycles. The van der Waals surface area contributed by atoms with Gasteiger partial charge in [0, 0.05) is 6.42 Å². The van der Waals surface area contributed by atoms with E-state index in [4.69, 9.17) is 11.1 Å². The fourth-order valence-electron chi connectivity index (χ4n) is 0.580. The van der Waals surface area contributed by atoms with Gasteiger partial charge in [-0.25, -0.2) is 4.98 Å². The summed E-state index contributed by atoms with van der Waals surface area (Å²) in [5.74, 6) is 1.54. The van der Waals surface area contributed by atoms with Crippen LogP contribution in [0.15, 0.2) is 4.34 Å². The molecule has 0 atom stereocenters. The number of thioether (sulfide) groups is 1. The summed E-state index contributed by atoms with van der Waals surface area (Å²) in [5.41, 5.74) is 5.20. The van der Waals surface area contributed by atoms with Crippen molar-refractivity contribution < 1.29 is 0 Å². The number of nitrogens with zero attached hydrogens (tertiary/aromatic N) is 2. The van der Waals surface area contributed by atoms with Crippen molar-refractivity contribution in [1.82, 2.24) is 9.36 Å². The van der Waals surface area contributed by atoms with Crippen LogP contribution in [0, 0.1) is 5.41 Å². The van der Waals surface area contributed by atoms with Crippen molar-refractivity contribution in [1.29, 1.82) is 5.41 Å². The monoisotopic (exact) mass is 202 g/mol. The van der Waals surface area contributed by atoms with Gasteiger partial charge >= 0.3 is 0 Å². The second-order valence-corrected chi connectivity index (χ2v) is 4.12. The van der Waals surface area contributed by atoms with Crippen LogP contribution in [-0.4, -0.2) is 20.9 Å². The highest BCUT2D eigenvalue weighted by atomic mass is 32.2. The molecule has 0 amide bonds. The summed E-state index contributed by atoms with van der Waals surface area (Å²) in [6.45, 7) is 2.02. The predicted molar refractivity (Wildman–Crippen MR) is 51.9 cm³/mol. The van der Waals surface area contributed by atoms with E-state index in [2.05, 4.69) is 9.36 Å². The van der Waals surface area contributed by atoms with E-state index in [0.717, 1.165) is 16.6 Å². The fraction of sp³-hybridized carbons (Fsp3) is 0.500. The Hall–Kier alpha value is -0.620. The molecule has 0 aromatic carbocycles. The molecule has 0 spiro atoms. The molecule has 4 nitrogen and oxygen atoms in total. The quantitative estimate of drug-likeness (QED) is 0.436. The molecule has 66 valence electrons. The molecular weight excluding hydrogens is 192 g/mol. The molecule has 0 bridgehead atoms. The summed E-state index contributed by atoms with van der Waals surface area (Å²) >= 11 is 2.83. The third-order valence-electron chi connectivity index (χ3n) is 1.12. The highest BCUT2D eigenvalue weighted by Crippen LogP contribution is 2.19. The van der Waals surface area contributed by atoms with Gasteiger partial charge in [-0.1, -0.05) is 18.7 Å². The average Bonchev–Trinajstić information content (AvgIpc) is 2.48. The lowest BCUT2D eigenvalue weighted by Crippen LogP contribution is -2.11. The molecule has 0 fully saturated rings.